The lowest BCUT2D eigenvalue weighted by Gasteiger charge is -2.01. The van der Waals surface area contributed by atoms with E-state index in [0.717, 1.165) is 19.3 Å². The van der Waals surface area contributed by atoms with Crippen LogP contribution < -0.4 is 0 Å². The summed E-state index contributed by atoms with van der Waals surface area (Å²) in [6.45, 7) is 3.71. The molecule has 0 aromatic heterocycles. The first-order valence-corrected chi connectivity index (χ1v) is 6.60. The van der Waals surface area contributed by atoms with Crippen molar-refractivity contribution in [3.8, 4) is 0 Å². The van der Waals surface area contributed by atoms with E-state index >= 15 is 0 Å². The highest BCUT2D eigenvalue weighted by atomic mass is 16.4. The van der Waals surface area contributed by atoms with Crippen LogP contribution in [0.15, 0.2) is 12.7 Å². The van der Waals surface area contributed by atoms with E-state index in [9.17, 15) is 4.79 Å². The summed E-state index contributed by atoms with van der Waals surface area (Å²) in [6, 6.07) is 0. The lowest BCUT2D eigenvalue weighted by molar-refractivity contribution is -0.137. The second kappa shape index (κ2) is 12.3. The van der Waals surface area contributed by atoms with Crippen LogP contribution in [0.5, 0.6) is 0 Å². The Morgan fingerprint density at radius 2 is 1.31 bits per heavy atom. The van der Waals surface area contributed by atoms with Crippen LogP contribution in [0.2, 0.25) is 0 Å². The summed E-state index contributed by atoms with van der Waals surface area (Å²) in [5.41, 5.74) is 0. The first kappa shape index (κ1) is 15.2. The number of hydrogen-bond acceptors (Lipinski definition) is 1. The zero-order valence-corrected chi connectivity index (χ0v) is 10.4. The summed E-state index contributed by atoms with van der Waals surface area (Å²) in [7, 11) is 0. The number of hydrogen-bond donors (Lipinski definition) is 1. The largest absolute Gasteiger partial charge is 0.481 e. The van der Waals surface area contributed by atoms with Crippen LogP contribution in [0.3, 0.4) is 0 Å². The van der Waals surface area contributed by atoms with E-state index in [2.05, 4.69) is 6.58 Å². The Morgan fingerprint density at radius 1 is 0.875 bits per heavy atom. The molecule has 1 N–H and O–H groups in total. The fourth-order valence-corrected chi connectivity index (χ4v) is 1.80. The summed E-state index contributed by atoms with van der Waals surface area (Å²) < 4.78 is 0. The van der Waals surface area contributed by atoms with Crippen LogP contribution in [0, 0.1) is 0 Å². The first-order chi connectivity index (χ1) is 7.77. The number of unbranched alkanes of at least 4 members (excludes halogenated alkanes) is 9. The number of carbonyl (C=O) groups is 1. The third-order valence-corrected chi connectivity index (χ3v) is 2.80. The summed E-state index contributed by atoms with van der Waals surface area (Å²) in [5.74, 6) is -0.665. The zero-order valence-electron chi connectivity index (χ0n) is 10.4. The molecular formula is C14H26O2. The van der Waals surface area contributed by atoms with Gasteiger partial charge in [-0.15, -0.1) is 6.58 Å². The molecule has 0 atom stereocenters. The number of carboxylic acids is 1. The molecule has 0 aliphatic rings. The van der Waals surface area contributed by atoms with Gasteiger partial charge in [-0.3, -0.25) is 4.79 Å². The van der Waals surface area contributed by atoms with Gasteiger partial charge < -0.3 is 5.11 Å². The van der Waals surface area contributed by atoms with Crippen molar-refractivity contribution in [2.75, 3.05) is 0 Å². The second-order valence-electron chi connectivity index (χ2n) is 4.40. The van der Waals surface area contributed by atoms with E-state index in [1.807, 2.05) is 6.08 Å². The van der Waals surface area contributed by atoms with Crippen molar-refractivity contribution in [2.24, 2.45) is 0 Å². The van der Waals surface area contributed by atoms with Crippen LogP contribution >= 0.6 is 0 Å². The predicted molar refractivity (Wildman–Crippen MR) is 68.6 cm³/mol. The van der Waals surface area contributed by atoms with Crippen molar-refractivity contribution in [3.63, 3.8) is 0 Å². The smallest absolute Gasteiger partial charge is 0.303 e. The highest BCUT2D eigenvalue weighted by Gasteiger charge is 1.96. The molecule has 0 saturated carbocycles. The van der Waals surface area contributed by atoms with Crippen LogP contribution in [-0.4, -0.2) is 11.1 Å². The van der Waals surface area contributed by atoms with E-state index in [1.165, 1.54) is 44.9 Å². The SMILES string of the molecule is C=CCCCCCCCCCCCC(=O)O. The lowest BCUT2D eigenvalue weighted by Crippen LogP contribution is -1.93. The van der Waals surface area contributed by atoms with Crippen LogP contribution in [0.4, 0.5) is 0 Å². The predicted octanol–water partition coefficient (Wildman–Crippen LogP) is 4.55. The van der Waals surface area contributed by atoms with Gasteiger partial charge in [0.2, 0.25) is 0 Å². The quantitative estimate of drug-likeness (QED) is 0.391. The average molecular weight is 226 g/mol. The molecule has 16 heavy (non-hydrogen) atoms. The number of allylic oxidation sites excluding steroid dienone is 1. The van der Waals surface area contributed by atoms with Crippen molar-refractivity contribution < 1.29 is 9.90 Å². The monoisotopic (exact) mass is 226 g/mol. The average Bonchev–Trinajstić information content (AvgIpc) is 2.25. The second-order valence-corrected chi connectivity index (χ2v) is 4.40. The topological polar surface area (TPSA) is 37.3 Å². The fraction of sp³-hybridized carbons (Fsp3) is 0.786. The minimum Gasteiger partial charge on any atom is -0.481 e. The third-order valence-electron chi connectivity index (χ3n) is 2.80. The molecule has 94 valence electrons. The Labute approximate surface area is 99.7 Å². The molecule has 0 unspecified atom stereocenters. The minimum atomic E-state index is -0.665. The molecule has 0 saturated heterocycles. The van der Waals surface area contributed by atoms with Gasteiger partial charge in [0.05, 0.1) is 0 Å². The molecule has 0 aromatic carbocycles. The molecule has 0 fully saturated rings. The highest BCUT2D eigenvalue weighted by molar-refractivity contribution is 5.66. The van der Waals surface area contributed by atoms with Crippen molar-refractivity contribution >= 4 is 5.97 Å². The van der Waals surface area contributed by atoms with Gasteiger partial charge in [-0.1, -0.05) is 51.0 Å². The van der Waals surface area contributed by atoms with Gasteiger partial charge in [0.15, 0.2) is 0 Å². The Morgan fingerprint density at radius 3 is 1.75 bits per heavy atom. The minimum absolute atomic E-state index is 0.335. The zero-order chi connectivity index (χ0) is 12.1. The molecule has 0 amide bonds. The Balaban J connectivity index is 2.93. The molecule has 0 spiro atoms. The summed E-state index contributed by atoms with van der Waals surface area (Å²) in [4.78, 5) is 10.3. The van der Waals surface area contributed by atoms with Gasteiger partial charge >= 0.3 is 5.97 Å². The van der Waals surface area contributed by atoms with Crippen LogP contribution in [0.1, 0.15) is 70.6 Å². The fourth-order valence-electron chi connectivity index (χ4n) is 1.80. The van der Waals surface area contributed by atoms with E-state index in [1.54, 1.807) is 0 Å². The standard InChI is InChI=1S/C14H26O2/c1-2-3-4-5-6-7-8-9-10-11-12-13-14(15)16/h2H,1,3-13H2,(H,15,16). The van der Waals surface area contributed by atoms with Crippen molar-refractivity contribution in [2.45, 2.75) is 70.6 Å². The Kier molecular flexibility index (Phi) is 11.7. The molecule has 0 rings (SSSR count). The molecule has 0 aromatic rings. The summed E-state index contributed by atoms with van der Waals surface area (Å²) in [6.07, 6.45) is 14.4. The maximum absolute atomic E-state index is 10.3. The van der Waals surface area contributed by atoms with Crippen molar-refractivity contribution in [3.05, 3.63) is 12.7 Å². The van der Waals surface area contributed by atoms with Crippen molar-refractivity contribution in [1.82, 2.24) is 0 Å². The molecule has 0 aliphatic carbocycles. The van der Waals surface area contributed by atoms with Crippen LogP contribution in [0.25, 0.3) is 0 Å². The van der Waals surface area contributed by atoms with E-state index in [0.29, 0.717) is 6.42 Å². The van der Waals surface area contributed by atoms with Crippen LogP contribution in [-0.2, 0) is 4.79 Å². The first-order valence-electron chi connectivity index (χ1n) is 6.60. The molecule has 2 heteroatoms. The molecule has 0 aliphatic heterocycles. The van der Waals surface area contributed by atoms with Gasteiger partial charge in [0.25, 0.3) is 0 Å². The van der Waals surface area contributed by atoms with Gasteiger partial charge in [-0.05, 0) is 19.3 Å². The molecule has 0 heterocycles. The molecular weight excluding hydrogens is 200 g/mol. The third kappa shape index (κ3) is 13.2. The Hall–Kier alpha value is -0.790. The maximum atomic E-state index is 10.3. The number of rotatable bonds is 12. The number of aliphatic carboxylic acids is 1. The normalized spacial score (nSPS) is 10.2. The van der Waals surface area contributed by atoms with Gasteiger partial charge in [0.1, 0.15) is 0 Å². The highest BCUT2D eigenvalue weighted by Crippen LogP contribution is 2.11. The molecule has 0 bridgehead atoms. The lowest BCUT2D eigenvalue weighted by atomic mass is 10.1. The van der Waals surface area contributed by atoms with E-state index < -0.39 is 5.97 Å². The maximum Gasteiger partial charge on any atom is 0.303 e. The summed E-state index contributed by atoms with van der Waals surface area (Å²) in [5, 5.41) is 8.45. The van der Waals surface area contributed by atoms with E-state index in [4.69, 9.17) is 5.11 Å². The van der Waals surface area contributed by atoms with Gasteiger partial charge in [-0.2, -0.15) is 0 Å². The number of carboxylic acid groups (broad SMARTS) is 1. The molecule has 2 nitrogen and oxygen atoms in total. The Bertz CT molecular complexity index is 176. The summed E-state index contributed by atoms with van der Waals surface area (Å²) >= 11 is 0. The van der Waals surface area contributed by atoms with Gasteiger partial charge in [-0.25, -0.2) is 0 Å². The van der Waals surface area contributed by atoms with E-state index in [-0.39, 0.29) is 0 Å². The molecule has 0 radical (unpaired) electrons. The van der Waals surface area contributed by atoms with Gasteiger partial charge in [0, 0.05) is 6.42 Å². The van der Waals surface area contributed by atoms with Crippen molar-refractivity contribution in [1.29, 1.82) is 0 Å².